The quantitative estimate of drug-likeness (QED) is 0.911. The molecule has 0 fully saturated rings. The van der Waals surface area contributed by atoms with Gasteiger partial charge in [0.1, 0.15) is 10.2 Å². The second kappa shape index (κ2) is 6.12. The molecular formula is C12H15BrN4O2. The van der Waals surface area contributed by atoms with Gasteiger partial charge in [-0.3, -0.25) is 4.79 Å². The fourth-order valence-corrected chi connectivity index (χ4v) is 2.10. The lowest BCUT2D eigenvalue weighted by atomic mass is 10.3. The van der Waals surface area contributed by atoms with E-state index in [1.165, 1.54) is 0 Å². The van der Waals surface area contributed by atoms with Gasteiger partial charge in [-0.15, -0.1) is 0 Å². The zero-order chi connectivity index (χ0) is 13.8. The predicted molar refractivity (Wildman–Crippen MR) is 74.8 cm³/mol. The minimum Gasteiger partial charge on any atom is -0.378 e. The van der Waals surface area contributed by atoms with E-state index in [9.17, 15) is 4.79 Å². The van der Waals surface area contributed by atoms with Crippen molar-refractivity contribution in [2.75, 3.05) is 7.11 Å². The van der Waals surface area contributed by atoms with Crippen LogP contribution in [0.3, 0.4) is 0 Å². The highest BCUT2D eigenvalue weighted by molar-refractivity contribution is 9.10. The number of rotatable bonds is 5. The molecule has 19 heavy (non-hydrogen) atoms. The molecule has 0 atom stereocenters. The van der Waals surface area contributed by atoms with Crippen molar-refractivity contribution in [1.29, 1.82) is 0 Å². The third kappa shape index (κ3) is 2.93. The van der Waals surface area contributed by atoms with Crippen LogP contribution in [0.2, 0.25) is 0 Å². The van der Waals surface area contributed by atoms with Gasteiger partial charge in [0, 0.05) is 13.7 Å². The van der Waals surface area contributed by atoms with Crippen molar-refractivity contribution < 1.29 is 4.74 Å². The first-order chi connectivity index (χ1) is 9.17. The van der Waals surface area contributed by atoms with Crippen molar-refractivity contribution in [2.45, 2.75) is 26.5 Å². The molecule has 2 heterocycles. The second-order valence-electron chi connectivity index (χ2n) is 4.08. The Morgan fingerprint density at radius 2 is 2.32 bits per heavy atom. The molecule has 102 valence electrons. The summed E-state index contributed by atoms with van der Waals surface area (Å²) in [6.07, 6.45) is 4.41. The van der Waals surface area contributed by atoms with Crippen molar-refractivity contribution >= 4 is 15.9 Å². The van der Waals surface area contributed by atoms with Gasteiger partial charge in [-0.1, -0.05) is 6.92 Å². The Morgan fingerprint density at radius 1 is 1.53 bits per heavy atom. The number of hydrogen-bond donors (Lipinski definition) is 1. The summed E-state index contributed by atoms with van der Waals surface area (Å²) in [5.74, 6) is 0.506. The third-order valence-corrected chi connectivity index (χ3v) is 3.45. The van der Waals surface area contributed by atoms with Crippen LogP contribution in [0, 0.1) is 0 Å². The maximum Gasteiger partial charge on any atom is 0.265 e. The number of ether oxygens (including phenoxy) is 1. The SMILES string of the molecule is CCCn1cncc1-c1nc(COC)c(Br)c(=O)[nH]1. The molecule has 0 radical (unpaired) electrons. The normalized spacial score (nSPS) is 10.9. The Kier molecular flexibility index (Phi) is 4.49. The summed E-state index contributed by atoms with van der Waals surface area (Å²) in [5.41, 5.74) is 1.15. The molecule has 1 N–H and O–H groups in total. The van der Waals surface area contributed by atoms with Crippen molar-refractivity contribution in [3.8, 4) is 11.5 Å². The third-order valence-electron chi connectivity index (χ3n) is 2.63. The van der Waals surface area contributed by atoms with E-state index in [0.717, 1.165) is 18.7 Å². The van der Waals surface area contributed by atoms with Gasteiger partial charge in [0.05, 0.1) is 24.8 Å². The van der Waals surface area contributed by atoms with Crippen LogP contribution in [0.5, 0.6) is 0 Å². The van der Waals surface area contributed by atoms with Crippen molar-refractivity contribution in [1.82, 2.24) is 19.5 Å². The van der Waals surface area contributed by atoms with Crippen molar-refractivity contribution in [3.63, 3.8) is 0 Å². The molecule has 0 unspecified atom stereocenters. The minimum atomic E-state index is -0.221. The molecular weight excluding hydrogens is 312 g/mol. The van der Waals surface area contributed by atoms with E-state index in [1.807, 2.05) is 4.57 Å². The number of nitrogens with one attached hydrogen (secondary N) is 1. The smallest absolute Gasteiger partial charge is 0.265 e. The van der Waals surface area contributed by atoms with Crippen molar-refractivity contribution in [3.05, 3.63) is 33.0 Å². The summed E-state index contributed by atoms with van der Waals surface area (Å²) in [4.78, 5) is 23.1. The van der Waals surface area contributed by atoms with E-state index >= 15 is 0 Å². The number of aromatic amines is 1. The molecule has 0 amide bonds. The van der Waals surface area contributed by atoms with Gasteiger partial charge in [-0.05, 0) is 22.4 Å². The second-order valence-corrected chi connectivity index (χ2v) is 4.87. The highest BCUT2D eigenvalue weighted by Crippen LogP contribution is 2.17. The highest BCUT2D eigenvalue weighted by Gasteiger charge is 2.13. The highest BCUT2D eigenvalue weighted by atomic mass is 79.9. The number of halogens is 1. The zero-order valence-corrected chi connectivity index (χ0v) is 12.4. The lowest BCUT2D eigenvalue weighted by molar-refractivity contribution is 0.180. The number of nitrogens with zero attached hydrogens (tertiary/aromatic N) is 3. The Morgan fingerprint density at radius 3 is 3.00 bits per heavy atom. The fourth-order valence-electron chi connectivity index (χ4n) is 1.80. The summed E-state index contributed by atoms with van der Waals surface area (Å²) < 4.78 is 7.41. The monoisotopic (exact) mass is 326 g/mol. The topological polar surface area (TPSA) is 72.8 Å². The molecule has 0 spiro atoms. The molecule has 7 heteroatoms. The lowest BCUT2D eigenvalue weighted by Gasteiger charge is -2.08. The van der Waals surface area contributed by atoms with Crippen LogP contribution in [-0.4, -0.2) is 26.6 Å². The van der Waals surface area contributed by atoms with Crippen LogP contribution < -0.4 is 5.56 Å². The maximum absolute atomic E-state index is 11.9. The molecule has 2 rings (SSSR count). The first-order valence-electron chi connectivity index (χ1n) is 5.95. The van der Waals surface area contributed by atoms with Gasteiger partial charge >= 0.3 is 0 Å². The van der Waals surface area contributed by atoms with E-state index in [1.54, 1.807) is 19.6 Å². The first-order valence-corrected chi connectivity index (χ1v) is 6.74. The van der Waals surface area contributed by atoms with Gasteiger partial charge in [0.25, 0.3) is 5.56 Å². The summed E-state index contributed by atoms with van der Waals surface area (Å²) in [6, 6.07) is 0. The van der Waals surface area contributed by atoms with Crippen LogP contribution >= 0.6 is 15.9 Å². The van der Waals surface area contributed by atoms with E-state index in [2.05, 4.69) is 37.8 Å². The lowest BCUT2D eigenvalue weighted by Crippen LogP contribution is -2.15. The van der Waals surface area contributed by atoms with Crippen LogP contribution in [0.4, 0.5) is 0 Å². The minimum absolute atomic E-state index is 0.221. The molecule has 0 bridgehead atoms. The Hall–Kier alpha value is -1.47. The number of aromatic nitrogens is 4. The number of hydrogen-bond acceptors (Lipinski definition) is 4. The number of H-pyrrole nitrogens is 1. The van der Waals surface area contributed by atoms with E-state index in [-0.39, 0.29) is 12.2 Å². The van der Waals surface area contributed by atoms with Gasteiger partial charge in [0.15, 0.2) is 5.82 Å². The Labute approximate surface area is 119 Å². The van der Waals surface area contributed by atoms with Crippen molar-refractivity contribution in [2.24, 2.45) is 0 Å². The van der Waals surface area contributed by atoms with E-state index < -0.39 is 0 Å². The average Bonchev–Trinajstić information content (AvgIpc) is 2.84. The van der Waals surface area contributed by atoms with Crippen LogP contribution in [0.1, 0.15) is 19.0 Å². The van der Waals surface area contributed by atoms with Gasteiger partial charge in [0.2, 0.25) is 0 Å². The summed E-state index contributed by atoms with van der Waals surface area (Å²) in [6.45, 7) is 3.19. The summed E-state index contributed by atoms with van der Waals surface area (Å²) >= 11 is 3.22. The first kappa shape index (κ1) is 14.0. The Bertz CT molecular complexity index is 620. The summed E-state index contributed by atoms with van der Waals surface area (Å²) in [5, 5.41) is 0. The number of aryl methyl sites for hydroxylation is 1. The average molecular weight is 327 g/mol. The molecule has 0 aliphatic heterocycles. The number of methoxy groups -OCH3 is 1. The van der Waals surface area contributed by atoms with Crippen LogP contribution in [0.15, 0.2) is 21.8 Å². The standard InChI is InChI=1S/C12H15BrN4O2/c1-3-4-17-7-14-5-9(17)11-15-8(6-19-2)10(13)12(18)16-11/h5,7H,3-4,6H2,1-2H3,(H,15,16,18). The molecule has 0 aliphatic carbocycles. The van der Waals surface area contributed by atoms with E-state index in [4.69, 9.17) is 4.74 Å². The fraction of sp³-hybridized carbons (Fsp3) is 0.417. The van der Waals surface area contributed by atoms with Gasteiger partial charge in [-0.25, -0.2) is 9.97 Å². The zero-order valence-electron chi connectivity index (χ0n) is 10.8. The summed E-state index contributed by atoms with van der Waals surface area (Å²) in [7, 11) is 1.57. The predicted octanol–water partition coefficient (Wildman–Crippen LogP) is 1.95. The molecule has 6 nitrogen and oxygen atoms in total. The number of imidazole rings is 1. The van der Waals surface area contributed by atoms with Gasteiger partial charge < -0.3 is 14.3 Å². The molecule has 0 saturated heterocycles. The Balaban J connectivity index is 2.50. The van der Waals surface area contributed by atoms with Crippen LogP contribution in [0.25, 0.3) is 11.5 Å². The molecule has 0 aliphatic rings. The van der Waals surface area contributed by atoms with Gasteiger partial charge in [-0.2, -0.15) is 0 Å². The molecule has 2 aromatic heterocycles. The van der Waals surface area contributed by atoms with E-state index in [0.29, 0.717) is 16.0 Å². The molecule has 0 saturated carbocycles. The van der Waals surface area contributed by atoms with Crippen LogP contribution in [-0.2, 0) is 17.9 Å². The largest absolute Gasteiger partial charge is 0.378 e. The molecule has 2 aromatic rings. The molecule has 0 aromatic carbocycles. The maximum atomic E-state index is 11.9.